The van der Waals surface area contributed by atoms with E-state index in [1.807, 2.05) is 37.3 Å². The molecular weight excluding hydrogens is 406 g/mol. The Labute approximate surface area is 178 Å². The van der Waals surface area contributed by atoms with Gasteiger partial charge in [-0.15, -0.1) is 11.3 Å². The lowest BCUT2D eigenvalue weighted by Crippen LogP contribution is -2.41. The van der Waals surface area contributed by atoms with E-state index in [0.29, 0.717) is 37.2 Å². The van der Waals surface area contributed by atoms with Gasteiger partial charge in [-0.05, 0) is 24.6 Å². The minimum Gasteiger partial charge on any atom is -0.487 e. The second kappa shape index (κ2) is 8.92. The number of likely N-dealkylation sites (tertiary alicyclic amines) is 1. The van der Waals surface area contributed by atoms with Crippen LogP contribution in [0.15, 0.2) is 48.5 Å². The van der Waals surface area contributed by atoms with Gasteiger partial charge in [0.15, 0.2) is 11.6 Å². The van der Waals surface area contributed by atoms with E-state index in [2.05, 4.69) is 4.98 Å². The average molecular weight is 429 g/mol. The summed E-state index contributed by atoms with van der Waals surface area (Å²) in [6.45, 7) is 2.92. The third-order valence-electron chi connectivity index (χ3n) is 5.15. The first-order valence-electron chi connectivity index (χ1n) is 9.91. The topological polar surface area (TPSA) is 42.4 Å². The molecule has 1 saturated heterocycles. The number of hydrogen-bond acceptors (Lipinski definition) is 4. The highest BCUT2D eigenvalue weighted by molar-refractivity contribution is 7.13. The molecular formula is C23H22F2N2O2S. The largest absolute Gasteiger partial charge is 0.487 e. The zero-order valence-corrected chi connectivity index (χ0v) is 17.4. The summed E-state index contributed by atoms with van der Waals surface area (Å²) in [5.41, 5.74) is 1.92. The van der Waals surface area contributed by atoms with Crippen molar-refractivity contribution in [2.24, 2.45) is 0 Å². The van der Waals surface area contributed by atoms with Crippen LogP contribution in [0.25, 0.3) is 0 Å². The van der Waals surface area contributed by atoms with E-state index in [1.54, 1.807) is 4.90 Å². The highest BCUT2D eigenvalue weighted by atomic mass is 32.1. The zero-order chi connectivity index (χ0) is 21.1. The van der Waals surface area contributed by atoms with Crippen LogP contribution in [0.2, 0.25) is 0 Å². The number of aromatic nitrogens is 1. The molecule has 0 radical (unpaired) electrons. The molecule has 0 bridgehead atoms. The summed E-state index contributed by atoms with van der Waals surface area (Å²) in [6, 6.07) is 13.3. The van der Waals surface area contributed by atoms with E-state index >= 15 is 0 Å². The molecule has 1 aliphatic heterocycles. The van der Waals surface area contributed by atoms with Crippen molar-refractivity contribution in [2.45, 2.75) is 32.3 Å². The van der Waals surface area contributed by atoms with E-state index in [-0.39, 0.29) is 17.8 Å². The summed E-state index contributed by atoms with van der Waals surface area (Å²) in [7, 11) is 0. The maximum Gasteiger partial charge on any atom is 0.265 e. The van der Waals surface area contributed by atoms with Gasteiger partial charge in [-0.25, -0.2) is 13.8 Å². The molecule has 2 heterocycles. The smallest absolute Gasteiger partial charge is 0.265 e. The fourth-order valence-corrected chi connectivity index (χ4v) is 4.63. The van der Waals surface area contributed by atoms with Gasteiger partial charge in [0.25, 0.3) is 5.91 Å². The van der Waals surface area contributed by atoms with Crippen LogP contribution in [0.5, 0.6) is 5.75 Å². The monoisotopic (exact) mass is 428 g/mol. The van der Waals surface area contributed by atoms with E-state index in [0.717, 1.165) is 22.3 Å². The number of amides is 1. The van der Waals surface area contributed by atoms with Crippen LogP contribution in [-0.2, 0) is 6.42 Å². The molecule has 30 heavy (non-hydrogen) atoms. The summed E-state index contributed by atoms with van der Waals surface area (Å²) >= 11 is 1.44. The first-order valence-corrected chi connectivity index (χ1v) is 10.7. The van der Waals surface area contributed by atoms with Crippen molar-refractivity contribution in [1.82, 2.24) is 9.88 Å². The molecule has 0 atom stereocenters. The molecule has 156 valence electrons. The number of thiazole rings is 1. The van der Waals surface area contributed by atoms with Gasteiger partial charge in [-0.2, -0.15) is 0 Å². The molecule has 0 unspecified atom stereocenters. The fraction of sp³-hybridized carbons (Fsp3) is 0.304. The first kappa shape index (κ1) is 20.5. The molecule has 7 heteroatoms. The van der Waals surface area contributed by atoms with Crippen LogP contribution in [0.4, 0.5) is 8.78 Å². The number of ether oxygens (including phenoxy) is 1. The van der Waals surface area contributed by atoms with Gasteiger partial charge < -0.3 is 9.64 Å². The number of benzene rings is 2. The lowest BCUT2D eigenvalue weighted by Gasteiger charge is -2.32. The van der Waals surface area contributed by atoms with Crippen molar-refractivity contribution in [3.63, 3.8) is 0 Å². The second-order valence-electron chi connectivity index (χ2n) is 7.37. The van der Waals surface area contributed by atoms with E-state index in [4.69, 9.17) is 4.74 Å². The summed E-state index contributed by atoms with van der Waals surface area (Å²) in [4.78, 5) is 20.1. The Morgan fingerprint density at radius 2 is 1.90 bits per heavy atom. The molecule has 1 amide bonds. The number of carbonyl (C=O) groups excluding carboxylic acids is 1. The maximum absolute atomic E-state index is 13.8. The van der Waals surface area contributed by atoms with Crippen LogP contribution in [-0.4, -0.2) is 35.0 Å². The SMILES string of the molecule is Cc1nc(Cc2ccccc2)sc1C(=O)N1CCC(Oc2ccc(F)cc2F)CC1. The second-order valence-corrected chi connectivity index (χ2v) is 8.45. The lowest BCUT2D eigenvalue weighted by atomic mass is 10.1. The number of rotatable bonds is 5. The van der Waals surface area contributed by atoms with Gasteiger partial charge in [-0.1, -0.05) is 30.3 Å². The number of carbonyl (C=O) groups is 1. The first-order chi connectivity index (χ1) is 14.5. The molecule has 1 fully saturated rings. The van der Waals surface area contributed by atoms with Crippen LogP contribution in [0.3, 0.4) is 0 Å². The molecule has 4 rings (SSSR count). The number of nitrogens with zero attached hydrogens (tertiary/aromatic N) is 2. The number of piperidine rings is 1. The van der Waals surface area contributed by atoms with Crippen LogP contribution < -0.4 is 4.74 Å². The Morgan fingerprint density at radius 3 is 2.60 bits per heavy atom. The number of hydrogen-bond donors (Lipinski definition) is 0. The van der Waals surface area contributed by atoms with Crippen molar-refractivity contribution in [2.75, 3.05) is 13.1 Å². The summed E-state index contributed by atoms with van der Waals surface area (Å²) in [6.07, 6.45) is 1.69. The van der Waals surface area contributed by atoms with Gasteiger partial charge in [0.2, 0.25) is 0 Å². The summed E-state index contributed by atoms with van der Waals surface area (Å²) in [5, 5.41) is 0.923. The minimum atomic E-state index is -0.709. The summed E-state index contributed by atoms with van der Waals surface area (Å²) in [5.74, 6) is -1.31. The molecule has 1 aromatic heterocycles. The van der Waals surface area contributed by atoms with Crippen molar-refractivity contribution in [3.05, 3.63) is 81.3 Å². The normalized spacial score (nSPS) is 14.7. The lowest BCUT2D eigenvalue weighted by molar-refractivity contribution is 0.0591. The zero-order valence-electron chi connectivity index (χ0n) is 16.6. The van der Waals surface area contributed by atoms with Gasteiger partial charge in [0.1, 0.15) is 16.8 Å². The molecule has 0 aliphatic carbocycles. The van der Waals surface area contributed by atoms with Gasteiger partial charge in [-0.3, -0.25) is 4.79 Å². The maximum atomic E-state index is 13.8. The van der Waals surface area contributed by atoms with E-state index in [9.17, 15) is 13.6 Å². The molecule has 0 spiro atoms. The highest BCUT2D eigenvalue weighted by Crippen LogP contribution is 2.26. The standard InChI is InChI=1S/C23H22F2N2O2S/c1-15-22(30-21(26-15)13-16-5-3-2-4-6-16)23(28)27-11-9-18(10-12-27)29-20-8-7-17(24)14-19(20)25/h2-8,14,18H,9-13H2,1H3. The predicted molar refractivity (Wildman–Crippen MR) is 112 cm³/mol. The Morgan fingerprint density at radius 1 is 1.17 bits per heavy atom. The third kappa shape index (κ3) is 4.67. The molecule has 2 aromatic carbocycles. The van der Waals surface area contributed by atoms with Gasteiger partial charge >= 0.3 is 0 Å². The number of aryl methyl sites for hydroxylation is 1. The van der Waals surface area contributed by atoms with Crippen molar-refractivity contribution < 1.29 is 18.3 Å². The van der Waals surface area contributed by atoms with Gasteiger partial charge in [0, 0.05) is 38.4 Å². The molecule has 4 nitrogen and oxygen atoms in total. The van der Waals surface area contributed by atoms with E-state index in [1.165, 1.54) is 23.5 Å². The molecule has 3 aromatic rings. The molecule has 0 N–H and O–H groups in total. The Kier molecular flexibility index (Phi) is 6.08. The van der Waals surface area contributed by atoms with Crippen molar-refractivity contribution >= 4 is 17.2 Å². The van der Waals surface area contributed by atoms with Crippen LogP contribution >= 0.6 is 11.3 Å². The van der Waals surface area contributed by atoms with Crippen LogP contribution in [0.1, 0.15) is 38.8 Å². The van der Waals surface area contributed by atoms with Crippen molar-refractivity contribution in [1.29, 1.82) is 0 Å². The molecule has 1 aliphatic rings. The fourth-order valence-electron chi connectivity index (χ4n) is 3.57. The summed E-state index contributed by atoms with van der Waals surface area (Å²) < 4.78 is 32.5. The Hall–Kier alpha value is -2.80. The Balaban J connectivity index is 1.36. The van der Waals surface area contributed by atoms with Gasteiger partial charge in [0.05, 0.1) is 10.7 Å². The van der Waals surface area contributed by atoms with Crippen LogP contribution in [0, 0.1) is 18.6 Å². The quantitative estimate of drug-likeness (QED) is 0.574. The molecule has 0 saturated carbocycles. The minimum absolute atomic E-state index is 0.0178. The van der Waals surface area contributed by atoms with E-state index < -0.39 is 11.6 Å². The third-order valence-corrected chi connectivity index (χ3v) is 6.30. The van der Waals surface area contributed by atoms with Crippen molar-refractivity contribution in [3.8, 4) is 5.75 Å². The number of halogens is 2. The predicted octanol–water partition coefficient (Wildman–Crippen LogP) is 5.00. The Bertz CT molecular complexity index is 1030. The average Bonchev–Trinajstić information content (AvgIpc) is 3.11. The highest BCUT2D eigenvalue weighted by Gasteiger charge is 2.27.